The summed E-state index contributed by atoms with van der Waals surface area (Å²) in [4.78, 5) is 11.5. The Bertz CT molecular complexity index is 579. The summed E-state index contributed by atoms with van der Waals surface area (Å²) in [7, 11) is -2.42. The molecule has 108 valence electrons. The molecule has 0 fully saturated rings. The fourth-order valence-electron chi connectivity index (χ4n) is 1.11. The minimum atomic E-state index is -3.94. The number of primary sulfonamides is 1. The molecule has 7 nitrogen and oxygen atoms in total. The molecule has 3 N–H and O–H groups in total. The highest BCUT2D eigenvalue weighted by Crippen LogP contribution is 2.25. The topological polar surface area (TPSA) is 112 Å². The lowest BCUT2D eigenvalue weighted by atomic mass is 10.1. The van der Waals surface area contributed by atoms with Gasteiger partial charge in [0, 0.05) is 19.7 Å². The Morgan fingerprint density at radius 3 is 2.58 bits per heavy atom. The molecular formula is C10H15BrN2O5S. The third-order valence-electron chi connectivity index (χ3n) is 2.41. The number of furan rings is 1. The second kappa shape index (κ2) is 5.61. The molecule has 0 saturated heterocycles. The van der Waals surface area contributed by atoms with Crippen molar-refractivity contribution in [2.45, 2.75) is 24.3 Å². The van der Waals surface area contributed by atoms with E-state index in [0.717, 1.165) is 6.07 Å². The van der Waals surface area contributed by atoms with Crippen LogP contribution >= 0.6 is 15.9 Å². The summed E-state index contributed by atoms with van der Waals surface area (Å²) in [5.74, 6) is -0.705. The van der Waals surface area contributed by atoms with E-state index in [4.69, 9.17) is 14.3 Å². The van der Waals surface area contributed by atoms with Crippen LogP contribution in [0.2, 0.25) is 0 Å². The van der Waals surface area contributed by atoms with Gasteiger partial charge in [0.15, 0.2) is 10.4 Å². The number of carbonyl (C=O) groups excluding carboxylic acids is 1. The largest absolute Gasteiger partial charge is 0.443 e. The van der Waals surface area contributed by atoms with Crippen LogP contribution in [0.4, 0.5) is 0 Å². The van der Waals surface area contributed by atoms with E-state index < -0.39 is 21.5 Å². The molecule has 0 aliphatic rings. The summed E-state index contributed by atoms with van der Waals surface area (Å²) in [6.07, 6.45) is 0. The van der Waals surface area contributed by atoms with E-state index in [2.05, 4.69) is 21.2 Å². The number of methoxy groups -OCH3 is 1. The van der Waals surface area contributed by atoms with Crippen LogP contribution in [-0.4, -0.2) is 33.6 Å². The van der Waals surface area contributed by atoms with Crippen molar-refractivity contribution in [3.8, 4) is 0 Å². The Morgan fingerprint density at radius 1 is 1.58 bits per heavy atom. The number of carbonyl (C=O) groups is 1. The van der Waals surface area contributed by atoms with Crippen molar-refractivity contribution < 1.29 is 22.4 Å². The number of hydrogen-bond acceptors (Lipinski definition) is 5. The van der Waals surface area contributed by atoms with Gasteiger partial charge in [-0.3, -0.25) is 4.79 Å². The second-order valence-electron chi connectivity index (χ2n) is 4.44. The molecule has 1 aromatic heterocycles. The first-order valence-electron chi connectivity index (χ1n) is 5.22. The van der Waals surface area contributed by atoms with E-state index in [0.29, 0.717) is 0 Å². The molecule has 0 atom stereocenters. The molecule has 1 amide bonds. The lowest BCUT2D eigenvalue weighted by Crippen LogP contribution is -2.39. The number of sulfonamides is 1. The van der Waals surface area contributed by atoms with Crippen LogP contribution in [0.15, 0.2) is 20.0 Å². The molecule has 0 spiro atoms. The van der Waals surface area contributed by atoms with Gasteiger partial charge in [-0.15, -0.1) is 0 Å². The van der Waals surface area contributed by atoms with Gasteiger partial charge in [0.2, 0.25) is 10.0 Å². The predicted octanol–water partition coefficient (Wildman–Crippen LogP) is 0.844. The Hall–Kier alpha value is -0.900. The van der Waals surface area contributed by atoms with Crippen molar-refractivity contribution in [3.05, 3.63) is 16.5 Å². The van der Waals surface area contributed by atoms with E-state index >= 15 is 0 Å². The average molecular weight is 355 g/mol. The van der Waals surface area contributed by atoms with Gasteiger partial charge < -0.3 is 14.5 Å². The van der Waals surface area contributed by atoms with Gasteiger partial charge in [0.05, 0.1) is 5.60 Å². The Labute approximate surface area is 119 Å². The summed E-state index contributed by atoms with van der Waals surface area (Å²) in [5.41, 5.74) is -0.539. The molecule has 0 bridgehead atoms. The fourth-order valence-corrected chi connectivity index (χ4v) is 2.61. The summed E-state index contributed by atoms with van der Waals surface area (Å²) in [6, 6.07) is 1.06. The van der Waals surface area contributed by atoms with Crippen LogP contribution in [0.25, 0.3) is 0 Å². The molecule has 1 heterocycles. The van der Waals surface area contributed by atoms with Gasteiger partial charge in [0.1, 0.15) is 4.90 Å². The maximum Gasteiger partial charge on any atom is 0.287 e. The number of ether oxygens (including phenoxy) is 1. The van der Waals surface area contributed by atoms with Gasteiger partial charge in [0.25, 0.3) is 5.91 Å². The summed E-state index contributed by atoms with van der Waals surface area (Å²) in [5, 5.41) is 7.53. The molecule has 0 radical (unpaired) electrons. The van der Waals surface area contributed by atoms with Crippen molar-refractivity contribution in [1.29, 1.82) is 0 Å². The van der Waals surface area contributed by atoms with Crippen LogP contribution in [0, 0.1) is 0 Å². The lowest BCUT2D eigenvalue weighted by molar-refractivity contribution is 0.0225. The highest BCUT2D eigenvalue weighted by Gasteiger charge is 2.24. The van der Waals surface area contributed by atoms with Gasteiger partial charge in [-0.05, 0) is 29.8 Å². The third-order valence-corrected chi connectivity index (χ3v) is 4.18. The Balaban J connectivity index is 2.85. The first-order valence-corrected chi connectivity index (χ1v) is 7.56. The van der Waals surface area contributed by atoms with Gasteiger partial charge in [-0.25, -0.2) is 13.6 Å². The zero-order valence-electron chi connectivity index (χ0n) is 10.7. The Kier molecular flexibility index (Phi) is 4.77. The highest BCUT2D eigenvalue weighted by molar-refractivity contribution is 9.10. The first kappa shape index (κ1) is 16.2. The van der Waals surface area contributed by atoms with Gasteiger partial charge in [-0.2, -0.15) is 0 Å². The van der Waals surface area contributed by atoms with Crippen molar-refractivity contribution in [1.82, 2.24) is 5.32 Å². The highest BCUT2D eigenvalue weighted by atomic mass is 79.9. The predicted molar refractivity (Wildman–Crippen MR) is 71.2 cm³/mol. The SMILES string of the molecule is COC(C)(C)CNC(=O)c1cc(S(N)(=O)=O)c(Br)o1. The van der Waals surface area contributed by atoms with Gasteiger partial charge >= 0.3 is 0 Å². The van der Waals surface area contributed by atoms with Gasteiger partial charge in [-0.1, -0.05) is 0 Å². The van der Waals surface area contributed by atoms with Crippen LogP contribution < -0.4 is 10.5 Å². The average Bonchev–Trinajstić information content (AvgIpc) is 2.68. The lowest BCUT2D eigenvalue weighted by Gasteiger charge is -2.22. The van der Waals surface area contributed by atoms with E-state index in [1.54, 1.807) is 13.8 Å². The number of hydrogen-bond donors (Lipinski definition) is 2. The number of rotatable bonds is 5. The van der Waals surface area contributed by atoms with Crippen molar-refractivity contribution >= 4 is 31.9 Å². The standard InChI is InChI=1S/C10H15BrN2O5S/c1-10(2,17-3)5-13-9(14)6-4-7(8(11)18-6)19(12,15)16/h4H,5H2,1-3H3,(H,13,14)(H2,12,15,16). The van der Waals surface area contributed by atoms with E-state index in [1.165, 1.54) is 7.11 Å². The first-order chi connectivity index (χ1) is 8.57. The molecule has 9 heteroatoms. The molecule has 1 aromatic rings. The fraction of sp³-hybridized carbons (Fsp3) is 0.500. The quantitative estimate of drug-likeness (QED) is 0.813. The monoisotopic (exact) mass is 354 g/mol. The molecule has 0 saturated carbocycles. The van der Waals surface area contributed by atoms with Crippen LogP contribution in [0.3, 0.4) is 0 Å². The minimum absolute atomic E-state index is 0.105. The van der Waals surface area contributed by atoms with E-state index in [1.807, 2.05) is 0 Å². The van der Waals surface area contributed by atoms with Crippen LogP contribution in [0.5, 0.6) is 0 Å². The number of nitrogens with two attached hydrogens (primary N) is 1. The normalized spacial score (nSPS) is 12.5. The molecular weight excluding hydrogens is 340 g/mol. The number of nitrogens with one attached hydrogen (secondary N) is 1. The number of amides is 1. The number of halogens is 1. The van der Waals surface area contributed by atoms with Crippen molar-refractivity contribution in [2.24, 2.45) is 5.14 Å². The maximum absolute atomic E-state index is 11.8. The molecule has 1 rings (SSSR count). The smallest absolute Gasteiger partial charge is 0.287 e. The maximum atomic E-state index is 11.8. The van der Waals surface area contributed by atoms with E-state index in [-0.39, 0.29) is 21.9 Å². The molecule has 0 aromatic carbocycles. The Morgan fingerprint density at radius 2 is 2.16 bits per heavy atom. The molecule has 0 aliphatic carbocycles. The van der Waals surface area contributed by atoms with Crippen LogP contribution in [-0.2, 0) is 14.8 Å². The summed E-state index contributed by atoms with van der Waals surface area (Å²) in [6.45, 7) is 3.83. The summed E-state index contributed by atoms with van der Waals surface area (Å²) < 4.78 is 32.4. The third kappa shape index (κ3) is 4.30. The van der Waals surface area contributed by atoms with Crippen molar-refractivity contribution in [3.63, 3.8) is 0 Å². The van der Waals surface area contributed by atoms with Crippen molar-refractivity contribution in [2.75, 3.05) is 13.7 Å². The van der Waals surface area contributed by atoms with E-state index in [9.17, 15) is 13.2 Å². The molecule has 0 unspecified atom stereocenters. The zero-order valence-corrected chi connectivity index (χ0v) is 13.1. The minimum Gasteiger partial charge on any atom is -0.443 e. The van der Waals surface area contributed by atoms with Crippen LogP contribution in [0.1, 0.15) is 24.4 Å². The molecule has 19 heavy (non-hydrogen) atoms. The zero-order chi connectivity index (χ0) is 14.8. The molecule has 0 aliphatic heterocycles. The summed E-state index contributed by atoms with van der Waals surface area (Å²) >= 11 is 2.89. The second-order valence-corrected chi connectivity index (χ2v) is 6.69.